The Bertz CT molecular complexity index is 504. The van der Waals surface area contributed by atoms with Crippen molar-refractivity contribution < 1.29 is 9.13 Å². The molecule has 0 radical (unpaired) electrons. The lowest BCUT2D eigenvalue weighted by molar-refractivity contribution is 0.379. The lowest BCUT2D eigenvalue weighted by atomic mass is 9.99. The molecule has 0 fully saturated rings. The average molecular weight is 268 g/mol. The van der Waals surface area contributed by atoms with E-state index >= 15 is 0 Å². The SMILES string of the molecule is COc1c(F)cccc1C(N)c1ccccc1.Cl. The third-order valence-corrected chi connectivity index (χ3v) is 2.70. The quantitative estimate of drug-likeness (QED) is 0.926. The Balaban J connectivity index is 0.00000162. The topological polar surface area (TPSA) is 35.2 Å². The summed E-state index contributed by atoms with van der Waals surface area (Å²) in [5.41, 5.74) is 7.69. The van der Waals surface area contributed by atoms with Crippen LogP contribution in [0.1, 0.15) is 17.2 Å². The number of benzene rings is 2. The van der Waals surface area contributed by atoms with E-state index in [2.05, 4.69) is 0 Å². The maximum atomic E-state index is 13.5. The van der Waals surface area contributed by atoms with Gasteiger partial charge in [0.2, 0.25) is 0 Å². The first-order valence-corrected chi connectivity index (χ1v) is 5.37. The summed E-state index contributed by atoms with van der Waals surface area (Å²) in [7, 11) is 1.44. The Morgan fingerprint density at radius 2 is 1.72 bits per heavy atom. The molecule has 0 aliphatic rings. The lowest BCUT2D eigenvalue weighted by Crippen LogP contribution is -2.13. The van der Waals surface area contributed by atoms with Crippen LogP contribution in [0.15, 0.2) is 48.5 Å². The third-order valence-electron chi connectivity index (χ3n) is 2.70. The summed E-state index contributed by atoms with van der Waals surface area (Å²) in [5.74, 6) is -0.180. The maximum absolute atomic E-state index is 13.5. The van der Waals surface area contributed by atoms with Gasteiger partial charge in [0.1, 0.15) is 0 Å². The first-order valence-electron chi connectivity index (χ1n) is 5.37. The van der Waals surface area contributed by atoms with Gasteiger partial charge in [-0.25, -0.2) is 4.39 Å². The molecular formula is C14H15ClFNO. The molecule has 2 nitrogen and oxygen atoms in total. The second-order valence-corrected chi connectivity index (χ2v) is 3.75. The minimum Gasteiger partial charge on any atom is -0.493 e. The second kappa shape index (κ2) is 6.38. The standard InChI is InChI=1S/C14H14FNO.ClH/c1-17-14-11(8-5-9-12(14)15)13(16)10-6-3-2-4-7-10;/h2-9,13H,16H2,1H3;1H. The van der Waals surface area contributed by atoms with Crippen LogP contribution in [-0.4, -0.2) is 7.11 Å². The van der Waals surface area contributed by atoms with E-state index in [1.165, 1.54) is 13.2 Å². The van der Waals surface area contributed by atoms with E-state index in [0.29, 0.717) is 5.56 Å². The summed E-state index contributed by atoms with van der Waals surface area (Å²) in [4.78, 5) is 0. The fourth-order valence-electron chi connectivity index (χ4n) is 1.83. The normalized spacial score (nSPS) is 11.5. The molecule has 2 aromatic rings. The highest BCUT2D eigenvalue weighted by atomic mass is 35.5. The molecule has 1 atom stereocenters. The van der Waals surface area contributed by atoms with Crippen molar-refractivity contribution in [1.29, 1.82) is 0 Å². The van der Waals surface area contributed by atoms with Crippen LogP contribution in [-0.2, 0) is 0 Å². The molecule has 1 unspecified atom stereocenters. The van der Waals surface area contributed by atoms with Gasteiger partial charge in [-0.2, -0.15) is 0 Å². The molecule has 4 heteroatoms. The van der Waals surface area contributed by atoms with Crippen LogP contribution in [0.3, 0.4) is 0 Å². The lowest BCUT2D eigenvalue weighted by Gasteiger charge is -2.16. The van der Waals surface area contributed by atoms with E-state index in [9.17, 15) is 4.39 Å². The van der Waals surface area contributed by atoms with Gasteiger partial charge in [0.05, 0.1) is 13.2 Å². The van der Waals surface area contributed by atoms with Crippen LogP contribution in [0.5, 0.6) is 5.75 Å². The highest BCUT2D eigenvalue weighted by Crippen LogP contribution is 2.30. The third kappa shape index (κ3) is 2.81. The van der Waals surface area contributed by atoms with Crippen molar-refractivity contribution in [2.75, 3.05) is 7.11 Å². The van der Waals surface area contributed by atoms with Crippen molar-refractivity contribution in [3.63, 3.8) is 0 Å². The summed E-state index contributed by atoms with van der Waals surface area (Å²) in [6.45, 7) is 0. The predicted molar refractivity (Wildman–Crippen MR) is 72.7 cm³/mol. The first kappa shape index (κ1) is 14.5. The summed E-state index contributed by atoms with van der Waals surface area (Å²) in [5, 5.41) is 0. The molecule has 18 heavy (non-hydrogen) atoms. The minimum absolute atomic E-state index is 0. The Kier molecular flexibility index (Phi) is 5.13. The molecule has 0 saturated heterocycles. The van der Waals surface area contributed by atoms with Crippen LogP contribution in [0, 0.1) is 5.82 Å². The second-order valence-electron chi connectivity index (χ2n) is 3.75. The van der Waals surface area contributed by atoms with Gasteiger partial charge in [-0.3, -0.25) is 0 Å². The zero-order valence-corrected chi connectivity index (χ0v) is 10.8. The van der Waals surface area contributed by atoms with E-state index in [1.807, 2.05) is 30.3 Å². The molecule has 96 valence electrons. The Morgan fingerprint density at radius 3 is 2.33 bits per heavy atom. The monoisotopic (exact) mass is 267 g/mol. The molecule has 0 heterocycles. The van der Waals surface area contributed by atoms with Gasteiger partial charge in [0.25, 0.3) is 0 Å². The fourth-order valence-corrected chi connectivity index (χ4v) is 1.83. The van der Waals surface area contributed by atoms with Crippen molar-refractivity contribution in [2.24, 2.45) is 5.73 Å². The van der Waals surface area contributed by atoms with Crippen molar-refractivity contribution >= 4 is 12.4 Å². The molecular weight excluding hydrogens is 253 g/mol. The molecule has 0 spiro atoms. The van der Waals surface area contributed by atoms with E-state index in [-0.39, 0.29) is 24.2 Å². The smallest absolute Gasteiger partial charge is 0.165 e. The summed E-state index contributed by atoms with van der Waals surface area (Å²) >= 11 is 0. The number of rotatable bonds is 3. The number of methoxy groups -OCH3 is 1. The molecule has 2 N–H and O–H groups in total. The van der Waals surface area contributed by atoms with E-state index in [4.69, 9.17) is 10.5 Å². The summed E-state index contributed by atoms with van der Waals surface area (Å²) < 4.78 is 18.6. The zero-order valence-electron chi connectivity index (χ0n) is 9.97. The van der Waals surface area contributed by atoms with Gasteiger partial charge < -0.3 is 10.5 Å². The van der Waals surface area contributed by atoms with Crippen LogP contribution in [0.4, 0.5) is 4.39 Å². The maximum Gasteiger partial charge on any atom is 0.165 e. The highest BCUT2D eigenvalue weighted by molar-refractivity contribution is 5.85. The van der Waals surface area contributed by atoms with E-state index < -0.39 is 5.82 Å². The Hall–Kier alpha value is -1.58. The molecule has 2 aromatic carbocycles. The molecule has 0 amide bonds. The summed E-state index contributed by atoms with van der Waals surface area (Å²) in [6, 6.07) is 13.9. The van der Waals surface area contributed by atoms with Gasteiger partial charge in [-0.15, -0.1) is 12.4 Å². The van der Waals surface area contributed by atoms with Gasteiger partial charge in [0, 0.05) is 5.56 Å². The predicted octanol–water partition coefficient (Wildman–Crippen LogP) is 3.30. The van der Waals surface area contributed by atoms with Gasteiger partial charge >= 0.3 is 0 Å². The molecule has 0 saturated carbocycles. The number of nitrogens with two attached hydrogens (primary N) is 1. The Morgan fingerprint density at radius 1 is 1.06 bits per heavy atom. The van der Waals surface area contributed by atoms with Gasteiger partial charge in [-0.05, 0) is 11.6 Å². The van der Waals surface area contributed by atoms with Crippen LogP contribution < -0.4 is 10.5 Å². The summed E-state index contributed by atoms with van der Waals surface area (Å²) in [6.07, 6.45) is 0. The number of hydrogen-bond donors (Lipinski definition) is 1. The number of ether oxygens (including phenoxy) is 1. The Labute approximate surface area is 112 Å². The minimum atomic E-state index is -0.392. The number of halogens is 2. The average Bonchev–Trinajstić information content (AvgIpc) is 2.38. The molecule has 2 rings (SSSR count). The van der Waals surface area contributed by atoms with E-state index in [1.54, 1.807) is 12.1 Å². The molecule has 0 bridgehead atoms. The van der Waals surface area contributed by atoms with E-state index in [0.717, 1.165) is 5.56 Å². The van der Waals surface area contributed by atoms with Gasteiger partial charge in [-0.1, -0.05) is 42.5 Å². The molecule has 0 aromatic heterocycles. The molecule has 0 aliphatic carbocycles. The zero-order chi connectivity index (χ0) is 12.3. The van der Waals surface area contributed by atoms with Crippen molar-refractivity contribution in [2.45, 2.75) is 6.04 Å². The largest absolute Gasteiger partial charge is 0.493 e. The van der Waals surface area contributed by atoms with Gasteiger partial charge in [0.15, 0.2) is 11.6 Å². The fraction of sp³-hybridized carbons (Fsp3) is 0.143. The van der Waals surface area contributed by atoms with Crippen LogP contribution in [0.2, 0.25) is 0 Å². The van der Waals surface area contributed by atoms with Crippen LogP contribution >= 0.6 is 12.4 Å². The molecule has 0 aliphatic heterocycles. The van der Waals surface area contributed by atoms with Crippen molar-refractivity contribution in [3.8, 4) is 5.75 Å². The first-order chi connectivity index (χ1) is 8.24. The number of para-hydroxylation sites is 1. The van der Waals surface area contributed by atoms with Crippen LogP contribution in [0.25, 0.3) is 0 Å². The van der Waals surface area contributed by atoms with Crippen molar-refractivity contribution in [3.05, 3.63) is 65.5 Å². The van der Waals surface area contributed by atoms with Crippen molar-refractivity contribution in [1.82, 2.24) is 0 Å². The highest BCUT2D eigenvalue weighted by Gasteiger charge is 2.16. The number of hydrogen-bond acceptors (Lipinski definition) is 2.